The van der Waals surface area contributed by atoms with Crippen LogP contribution < -0.4 is 10.4 Å². The predicted octanol–water partition coefficient (Wildman–Crippen LogP) is 1.44. The molecule has 1 unspecified atom stereocenters. The van der Waals surface area contributed by atoms with Crippen molar-refractivity contribution in [2.75, 3.05) is 18.1 Å². The number of aliphatic hydroxyl groups excluding tert-OH is 1. The van der Waals surface area contributed by atoms with Gasteiger partial charge in [-0.2, -0.15) is 0 Å². The summed E-state index contributed by atoms with van der Waals surface area (Å²) in [7, 11) is -0.806. The van der Waals surface area contributed by atoms with Crippen molar-refractivity contribution >= 4 is 24.4 Å². The molecule has 1 N–H and O–H groups in total. The van der Waals surface area contributed by atoms with Gasteiger partial charge in [-0.15, -0.1) is 0 Å². The van der Waals surface area contributed by atoms with Crippen LogP contribution in [-0.4, -0.2) is 48.8 Å². The highest BCUT2D eigenvalue weighted by Crippen LogP contribution is 2.36. The second-order valence-corrected chi connectivity index (χ2v) is 7.09. The number of rotatable bonds is 3. The van der Waals surface area contributed by atoms with Crippen molar-refractivity contribution in [3.63, 3.8) is 0 Å². The summed E-state index contributed by atoms with van der Waals surface area (Å²) < 4.78 is 31.2. The molecule has 2 heterocycles. The van der Waals surface area contributed by atoms with Crippen LogP contribution in [0.5, 0.6) is 0 Å². The first-order valence-electron chi connectivity index (χ1n) is 7.89. The van der Waals surface area contributed by atoms with Crippen molar-refractivity contribution < 1.29 is 28.3 Å². The number of aliphatic hydroxyl groups is 1. The number of hydrogen-bond donors (Lipinski definition) is 1. The van der Waals surface area contributed by atoms with E-state index in [4.69, 9.17) is 19.2 Å². The largest absolute Gasteiger partial charge is 0.497 e. The van der Waals surface area contributed by atoms with E-state index < -0.39 is 36.3 Å². The molecule has 0 aromatic heterocycles. The lowest BCUT2D eigenvalue weighted by atomic mass is 9.78. The quantitative estimate of drug-likeness (QED) is 0.846. The molecule has 3 rings (SSSR count). The Hall–Kier alpha value is -1.64. The van der Waals surface area contributed by atoms with Gasteiger partial charge in [0.25, 0.3) is 0 Å². The monoisotopic (exact) mass is 337 g/mol. The van der Waals surface area contributed by atoms with Crippen molar-refractivity contribution in [3.05, 3.63) is 24.0 Å². The minimum Gasteiger partial charge on any atom is -0.441 e. The lowest BCUT2D eigenvalue weighted by molar-refractivity contribution is 0.00578. The van der Waals surface area contributed by atoms with Crippen LogP contribution in [0.15, 0.2) is 18.2 Å². The average Bonchev–Trinajstić information content (AvgIpc) is 2.96. The van der Waals surface area contributed by atoms with Gasteiger partial charge in [0.2, 0.25) is 0 Å². The highest BCUT2D eigenvalue weighted by atomic mass is 19.1. The third-order valence-corrected chi connectivity index (χ3v) is 4.88. The van der Waals surface area contributed by atoms with Crippen LogP contribution in [0.2, 0.25) is 0 Å². The summed E-state index contributed by atoms with van der Waals surface area (Å²) in [5, 5.41) is 9.08. The molecule has 1 aromatic carbocycles. The Bertz CT molecular complexity index is 650. The van der Waals surface area contributed by atoms with E-state index in [0.29, 0.717) is 5.69 Å². The third-order valence-electron chi connectivity index (χ3n) is 4.88. The Morgan fingerprint density at radius 3 is 2.42 bits per heavy atom. The molecule has 2 saturated heterocycles. The number of amides is 1. The van der Waals surface area contributed by atoms with Gasteiger partial charge in [-0.25, -0.2) is 9.18 Å². The number of carbonyl (C=O) groups is 1. The highest BCUT2D eigenvalue weighted by Gasteiger charge is 2.52. The number of benzene rings is 1. The fourth-order valence-electron chi connectivity index (χ4n) is 2.67. The molecular weight excluding hydrogens is 316 g/mol. The molecule has 1 atom stereocenters. The minimum absolute atomic E-state index is 0.185. The standard InChI is InChI=1S/C16H21BFNO5/c1-15(2)16(3,4)24-17(23-15)12-6-5-10(7-13(12)18)19-8-11(9-20)22-14(19)21/h5-7,11,20H,8-9H2,1-4H3. The second kappa shape index (κ2) is 5.72. The van der Waals surface area contributed by atoms with Gasteiger partial charge in [0.05, 0.1) is 30.0 Å². The van der Waals surface area contributed by atoms with Crippen molar-refractivity contribution in [1.82, 2.24) is 0 Å². The number of anilines is 1. The van der Waals surface area contributed by atoms with Crippen LogP contribution in [-0.2, 0) is 14.0 Å². The van der Waals surface area contributed by atoms with Crippen LogP contribution >= 0.6 is 0 Å². The van der Waals surface area contributed by atoms with Crippen molar-refractivity contribution in [3.8, 4) is 0 Å². The van der Waals surface area contributed by atoms with E-state index in [-0.39, 0.29) is 18.6 Å². The van der Waals surface area contributed by atoms with E-state index in [1.54, 1.807) is 12.1 Å². The maximum Gasteiger partial charge on any atom is 0.497 e. The van der Waals surface area contributed by atoms with Crippen molar-refractivity contribution in [1.29, 1.82) is 0 Å². The zero-order valence-electron chi connectivity index (χ0n) is 14.2. The average molecular weight is 337 g/mol. The van der Waals surface area contributed by atoms with Crippen molar-refractivity contribution in [2.24, 2.45) is 0 Å². The number of cyclic esters (lactones) is 1. The Labute approximate surface area is 140 Å². The SMILES string of the molecule is CC1(C)OB(c2ccc(N3CC(CO)OC3=O)cc2F)OC1(C)C. The third kappa shape index (κ3) is 2.79. The van der Waals surface area contributed by atoms with E-state index in [1.807, 2.05) is 27.7 Å². The fraction of sp³-hybridized carbons (Fsp3) is 0.562. The minimum atomic E-state index is -0.806. The Morgan fingerprint density at radius 2 is 1.92 bits per heavy atom. The summed E-state index contributed by atoms with van der Waals surface area (Å²) >= 11 is 0. The summed E-state index contributed by atoms with van der Waals surface area (Å²) in [6.45, 7) is 7.51. The first kappa shape index (κ1) is 17.2. The Balaban J connectivity index is 1.83. The Morgan fingerprint density at radius 1 is 1.29 bits per heavy atom. The first-order chi connectivity index (χ1) is 11.1. The molecular formula is C16H21BFNO5. The summed E-state index contributed by atoms with van der Waals surface area (Å²) in [6, 6.07) is 4.41. The molecule has 130 valence electrons. The highest BCUT2D eigenvalue weighted by molar-refractivity contribution is 6.62. The number of carbonyl (C=O) groups excluding carboxylic acids is 1. The van der Waals surface area contributed by atoms with Gasteiger partial charge in [-0.1, -0.05) is 6.07 Å². The molecule has 2 fully saturated rings. The molecule has 1 amide bonds. The zero-order valence-corrected chi connectivity index (χ0v) is 14.2. The van der Waals surface area contributed by atoms with Gasteiger partial charge in [-0.05, 0) is 39.8 Å². The molecule has 2 aliphatic heterocycles. The number of halogens is 1. The normalized spacial score (nSPS) is 25.2. The van der Waals surface area contributed by atoms with Gasteiger partial charge in [-0.3, -0.25) is 4.90 Å². The second-order valence-electron chi connectivity index (χ2n) is 7.09. The van der Waals surface area contributed by atoms with E-state index in [0.717, 1.165) is 0 Å². The molecule has 8 heteroatoms. The zero-order chi connectivity index (χ0) is 17.7. The van der Waals surface area contributed by atoms with E-state index >= 15 is 0 Å². The molecule has 0 bridgehead atoms. The van der Waals surface area contributed by atoms with Gasteiger partial charge >= 0.3 is 13.2 Å². The molecule has 1 aromatic rings. The van der Waals surface area contributed by atoms with E-state index in [2.05, 4.69) is 0 Å². The summed E-state index contributed by atoms with van der Waals surface area (Å²) in [5.41, 5.74) is -0.469. The molecule has 0 spiro atoms. The lowest BCUT2D eigenvalue weighted by Gasteiger charge is -2.32. The Kier molecular flexibility index (Phi) is 4.10. The van der Waals surface area contributed by atoms with Gasteiger partial charge < -0.3 is 19.2 Å². The summed E-state index contributed by atoms with van der Waals surface area (Å²) in [5.74, 6) is -0.522. The molecule has 0 aliphatic carbocycles. The summed E-state index contributed by atoms with van der Waals surface area (Å²) in [4.78, 5) is 13.1. The molecule has 6 nitrogen and oxygen atoms in total. The number of ether oxygens (including phenoxy) is 1. The van der Waals surface area contributed by atoms with E-state index in [9.17, 15) is 9.18 Å². The van der Waals surface area contributed by atoms with Gasteiger partial charge in [0.15, 0.2) is 0 Å². The van der Waals surface area contributed by atoms with Crippen LogP contribution in [0.25, 0.3) is 0 Å². The molecule has 0 radical (unpaired) electrons. The van der Waals surface area contributed by atoms with Gasteiger partial charge in [0.1, 0.15) is 11.9 Å². The number of hydrogen-bond acceptors (Lipinski definition) is 5. The van der Waals surface area contributed by atoms with Crippen LogP contribution in [0.4, 0.5) is 14.9 Å². The van der Waals surface area contributed by atoms with Gasteiger partial charge in [0, 0.05) is 5.46 Å². The van der Waals surface area contributed by atoms with Crippen LogP contribution in [0.1, 0.15) is 27.7 Å². The molecule has 24 heavy (non-hydrogen) atoms. The van der Waals surface area contributed by atoms with Crippen molar-refractivity contribution in [2.45, 2.75) is 45.0 Å². The maximum absolute atomic E-state index is 14.6. The molecule has 0 saturated carbocycles. The fourth-order valence-corrected chi connectivity index (χ4v) is 2.67. The smallest absolute Gasteiger partial charge is 0.441 e. The topological polar surface area (TPSA) is 68.2 Å². The number of nitrogens with zero attached hydrogens (tertiary/aromatic N) is 1. The summed E-state index contributed by atoms with van der Waals surface area (Å²) in [6.07, 6.45) is -1.19. The molecule has 2 aliphatic rings. The maximum atomic E-state index is 14.6. The van der Waals surface area contributed by atoms with E-state index in [1.165, 1.54) is 11.0 Å². The first-order valence-corrected chi connectivity index (χ1v) is 7.89. The predicted molar refractivity (Wildman–Crippen MR) is 86.8 cm³/mol. The van der Waals surface area contributed by atoms with Crippen LogP contribution in [0, 0.1) is 5.82 Å². The van der Waals surface area contributed by atoms with Crippen LogP contribution in [0.3, 0.4) is 0 Å². The lowest BCUT2D eigenvalue weighted by Crippen LogP contribution is -2.41.